The lowest BCUT2D eigenvalue weighted by molar-refractivity contribution is -0.274. The molecule has 0 atom stereocenters. The molecule has 6 nitrogen and oxygen atoms in total. The molecule has 9 heteroatoms. The summed E-state index contributed by atoms with van der Waals surface area (Å²) in [4.78, 5) is 28.4. The number of nitrogens with zero attached hydrogens (tertiary/aromatic N) is 2. The van der Waals surface area contributed by atoms with Crippen molar-refractivity contribution < 1.29 is 27.5 Å². The largest absolute Gasteiger partial charge is 0.573 e. The zero-order chi connectivity index (χ0) is 22.3. The van der Waals surface area contributed by atoms with E-state index in [4.69, 9.17) is 0 Å². The molecule has 2 aromatic carbocycles. The standard InChI is InChI=1S/C22H24F3N3O3/c23-22(24,25)31-19-9-7-18(8-10-19)26-20(29)16-27-12-14-28(15-13-27)21(30)11-6-17-4-2-1-3-5-17/h1-5,7-10H,6,11-16H2,(H,26,29). The first-order valence-corrected chi connectivity index (χ1v) is 9.98. The summed E-state index contributed by atoms with van der Waals surface area (Å²) in [6.07, 6.45) is -3.59. The molecule has 0 saturated carbocycles. The molecule has 3 rings (SSSR count). The fourth-order valence-corrected chi connectivity index (χ4v) is 3.35. The number of piperazine rings is 1. The van der Waals surface area contributed by atoms with Crippen LogP contribution in [0, 0.1) is 0 Å². The smallest absolute Gasteiger partial charge is 0.406 e. The van der Waals surface area contributed by atoms with E-state index in [1.165, 1.54) is 12.1 Å². The first-order chi connectivity index (χ1) is 14.8. The molecule has 0 unspecified atom stereocenters. The molecule has 0 bridgehead atoms. The summed E-state index contributed by atoms with van der Waals surface area (Å²) >= 11 is 0. The Morgan fingerprint density at radius 3 is 2.19 bits per heavy atom. The predicted molar refractivity (Wildman–Crippen MR) is 110 cm³/mol. The van der Waals surface area contributed by atoms with Gasteiger partial charge in [0, 0.05) is 38.3 Å². The van der Waals surface area contributed by atoms with Crippen LogP contribution in [0.15, 0.2) is 54.6 Å². The van der Waals surface area contributed by atoms with Gasteiger partial charge in [0.15, 0.2) is 0 Å². The summed E-state index contributed by atoms with van der Waals surface area (Å²) in [6.45, 7) is 2.44. The van der Waals surface area contributed by atoms with Gasteiger partial charge in [-0.2, -0.15) is 0 Å². The minimum Gasteiger partial charge on any atom is -0.406 e. The first kappa shape index (κ1) is 22.6. The molecule has 1 fully saturated rings. The lowest BCUT2D eigenvalue weighted by Gasteiger charge is -2.34. The summed E-state index contributed by atoms with van der Waals surface area (Å²) in [5, 5.41) is 2.65. The van der Waals surface area contributed by atoms with Gasteiger partial charge >= 0.3 is 6.36 Å². The Balaban J connectivity index is 1.38. The average Bonchev–Trinajstić information content (AvgIpc) is 2.73. The Morgan fingerprint density at radius 2 is 1.58 bits per heavy atom. The van der Waals surface area contributed by atoms with E-state index in [1.807, 2.05) is 40.1 Å². The molecule has 1 saturated heterocycles. The van der Waals surface area contributed by atoms with Crippen LogP contribution in [0.4, 0.5) is 18.9 Å². The number of hydrogen-bond donors (Lipinski definition) is 1. The molecule has 0 spiro atoms. The summed E-state index contributed by atoms with van der Waals surface area (Å²) in [7, 11) is 0. The number of hydrogen-bond acceptors (Lipinski definition) is 4. The highest BCUT2D eigenvalue weighted by atomic mass is 19.4. The van der Waals surface area contributed by atoms with Gasteiger partial charge in [0.2, 0.25) is 11.8 Å². The molecule has 1 N–H and O–H groups in total. The van der Waals surface area contributed by atoms with Crippen LogP contribution in [-0.2, 0) is 16.0 Å². The molecule has 0 aromatic heterocycles. The molecule has 166 valence electrons. The van der Waals surface area contributed by atoms with E-state index in [1.54, 1.807) is 0 Å². The molecule has 31 heavy (non-hydrogen) atoms. The molecular weight excluding hydrogens is 411 g/mol. The third-order valence-corrected chi connectivity index (χ3v) is 4.93. The van der Waals surface area contributed by atoms with E-state index in [9.17, 15) is 22.8 Å². The van der Waals surface area contributed by atoms with Crippen LogP contribution in [0.25, 0.3) is 0 Å². The van der Waals surface area contributed by atoms with Crippen LogP contribution >= 0.6 is 0 Å². The number of nitrogens with one attached hydrogen (secondary N) is 1. The van der Waals surface area contributed by atoms with E-state index in [-0.39, 0.29) is 24.1 Å². The SMILES string of the molecule is O=C(CN1CCN(C(=O)CCc2ccccc2)CC1)Nc1ccc(OC(F)(F)F)cc1. The zero-order valence-electron chi connectivity index (χ0n) is 16.9. The number of anilines is 1. The van der Waals surface area contributed by atoms with E-state index >= 15 is 0 Å². The van der Waals surface area contributed by atoms with Crippen molar-refractivity contribution in [1.29, 1.82) is 0 Å². The van der Waals surface area contributed by atoms with E-state index in [0.717, 1.165) is 17.7 Å². The maximum absolute atomic E-state index is 12.4. The number of rotatable bonds is 7. The minimum absolute atomic E-state index is 0.106. The molecule has 0 radical (unpaired) electrons. The van der Waals surface area contributed by atoms with Gasteiger partial charge in [-0.15, -0.1) is 13.2 Å². The zero-order valence-corrected chi connectivity index (χ0v) is 16.9. The lowest BCUT2D eigenvalue weighted by Crippen LogP contribution is -2.50. The fourth-order valence-electron chi connectivity index (χ4n) is 3.35. The van der Waals surface area contributed by atoms with Gasteiger partial charge in [-0.05, 0) is 36.2 Å². The second-order valence-electron chi connectivity index (χ2n) is 7.26. The van der Waals surface area contributed by atoms with Crippen LogP contribution in [0.1, 0.15) is 12.0 Å². The van der Waals surface area contributed by atoms with E-state index in [2.05, 4.69) is 10.1 Å². The predicted octanol–water partition coefficient (Wildman–Crippen LogP) is 3.30. The van der Waals surface area contributed by atoms with Gasteiger partial charge in [0.25, 0.3) is 0 Å². The second kappa shape index (κ2) is 10.3. The van der Waals surface area contributed by atoms with Gasteiger partial charge in [-0.25, -0.2) is 0 Å². The Kier molecular flexibility index (Phi) is 7.51. The highest BCUT2D eigenvalue weighted by Gasteiger charge is 2.31. The van der Waals surface area contributed by atoms with Crippen LogP contribution in [-0.4, -0.2) is 60.7 Å². The molecule has 1 heterocycles. The van der Waals surface area contributed by atoms with Gasteiger partial charge in [-0.3, -0.25) is 14.5 Å². The Hall–Kier alpha value is -3.07. The van der Waals surface area contributed by atoms with Gasteiger partial charge in [0.05, 0.1) is 6.54 Å². The van der Waals surface area contributed by atoms with Crippen molar-refractivity contribution in [1.82, 2.24) is 9.80 Å². The topological polar surface area (TPSA) is 61.9 Å². The average molecular weight is 435 g/mol. The van der Waals surface area contributed by atoms with Crippen molar-refractivity contribution in [2.75, 3.05) is 38.0 Å². The van der Waals surface area contributed by atoms with E-state index < -0.39 is 6.36 Å². The molecule has 0 aliphatic carbocycles. The summed E-state index contributed by atoms with van der Waals surface area (Å²) in [5.74, 6) is -0.513. The maximum Gasteiger partial charge on any atom is 0.573 e. The van der Waals surface area contributed by atoms with Crippen LogP contribution < -0.4 is 10.1 Å². The molecule has 2 amide bonds. The summed E-state index contributed by atoms with van der Waals surface area (Å²) in [6, 6.07) is 14.8. The Bertz CT molecular complexity index is 865. The number of carbonyl (C=O) groups excluding carboxylic acids is 2. The lowest BCUT2D eigenvalue weighted by atomic mass is 10.1. The maximum atomic E-state index is 12.4. The quantitative estimate of drug-likeness (QED) is 0.725. The number of ether oxygens (including phenoxy) is 1. The number of amides is 2. The van der Waals surface area contributed by atoms with Crippen molar-refractivity contribution in [3.05, 3.63) is 60.2 Å². The molecule has 1 aliphatic heterocycles. The number of aryl methyl sites for hydroxylation is 1. The van der Waals surface area contributed by atoms with Crippen molar-refractivity contribution in [3.63, 3.8) is 0 Å². The van der Waals surface area contributed by atoms with Gasteiger partial charge < -0.3 is 15.0 Å². The number of halogens is 3. The fraction of sp³-hybridized carbons (Fsp3) is 0.364. The second-order valence-corrected chi connectivity index (χ2v) is 7.26. The Morgan fingerprint density at radius 1 is 0.935 bits per heavy atom. The highest BCUT2D eigenvalue weighted by molar-refractivity contribution is 5.92. The van der Waals surface area contributed by atoms with Gasteiger partial charge in [0.1, 0.15) is 5.75 Å². The number of carbonyl (C=O) groups is 2. The Labute approximate surface area is 178 Å². The molecule has 2 aromatic rings. The third-order valence-electron chi connectivity index (χ3n) is 4.93. The van der Waals surface area contributed by atoms with Crippen molar-refractivity contribution in [2.45, 2.75) is 19.2 Å². The summed E-state index contributed by atoms with van der Waals surface area (Å²) < 4.78 is 40.4. The highest BCUT2D eigenvalue weighted by Crippen LogP contribution is 2.24. The normalized spacial score (nSPS) is 14.9. The van der Waals surface area contributed by atoms with Crippen LogP contribution in [0.5, 0.6) is 5.75 Å². The van der Waals surface area contributed by atoms with Crippen molar-refractivity contribution >= 4 is 17.5 Å². The first-order valence-electron chi connectivity index (χ1n) is 9.98. The third kappa shape index (κ3) is 7.60. The molecule has 1 aliphatic rings. The summed E-state index contributed by atoms with van der Waals surface area (Å²) in [5.41, 5.74) is 1.51. The monoisotopic (exact) mass is 435 g/mol. The number of alkyl halides is 3. The van der Waals surface area contributed by atoms with Crippen LogP contribution in [0.2, 0.25) is 0 Å². The minimum atomic E-state index is -4.75. The van der Waals surface area contributed by atoms with E-state index in [0.29, 0.717) is 44.7 Å². The number of benzene rings is 2. The van der Waals surface area contributed by atoms with Crippen molar-refractivity contribution in [2.24, 2.45) is 0 Å². The van der Waals surface area contributed by atoms with Crippen molar-refractivity contribution in [3.8, 4) is 5.75 Å². The van der Waals surface area contributed by atoms with Crippen LogP contribution in [0.3, 0.4) is 0 Å². The van der Waals surface area contributed by atoms with Gasteiger partial charge in [-0.1, -0.05) is 30.3 Å². The molecular formula is C22H24F3N3O3.